The second kappa shape index (κ2) is 4.88. The maximum absolute atomic E-state index is 12.1. The van der Waals surface area contributed by atoms with Crippen LogP contribution in [0.3, 0.4) is 0 Å². The molecule has 0 saturated carbocycles. The predicted octanol–water partition coefficient (Wildman–Crippen LogP) is 1.19. The van der Waals surface area contributed by atoms with Gasteiger partial charge < -0.3 is 14.8 Å². The van der Waals surface area contributed by atoms with Gasteiger partial charge in [-0.3, -0.25) is 14.7 Å². The number of nitrogens with zero attached hydrogens (tertiary/aromatic N) is 2. The number of aliphatic imine (C=N–C) groups is 1. The summed E-state index contributed by atoms with van der Waals surface area (Å²) in [6, 6.07) is 5.56. The largest absolute Gasteiger partial charge is 0.454 e. The summed E-state index contributed by atoms with van der Waals surface area (Å²) in [5, 5.41) is 3.02. The van der Waals surface area contributed by atoms with E-state index in [9.17, 15) is 4.79 Å². The molecule has 6 heteroatoms. The first kappa shape index (κ1) is 12.5. The van der Waals surface area contributed by atoms with Gasteiger partial charge in [-0.25, -0.2) is 0 Å². The van der Waals surface area contributed by atoms with Gasteiger partial charge in [0, 0.05) is 13.6 Å². The van der Waals surface area contributed by atoms with E-state index < -0.39 is 0 Å². The Bertz CT molecular complexity index is 622. The molecule has 1 aromatic carbocycles. The van der Waals surface area contributed by atoms with Crippen LogP contribution in [0.2, 0.25) is 0 Å². The van der Waals surface area contributed by atoms with Crippen molar-refractivity contribution in [2.75, 3.05) is 20.4 Å². The standard InChI is InChI=1S/C14H15N3O3/c1-3-15-14-16-10(13(18)17(14)2)6-9-4-5-11-12(7-9)20-8-19-11/h4-7H,3,8H2,1-2H3,(H,15,16)/b10-6+. The van der Waals surface area contributed by atoms with Crippen LogP contribution < -0.4 is 14.8 Å². The summed E-state index contributed by atoms with van der Waals surface area (Å²) in [5.41, 5.74) is 1.37. The van der Waals surface area contributed by atoms with Crippen molar-refractivity contribution in [1.29, 1.82) is 0 Å². The summed E-state index contributed by atoms with van der Waals surface area (Å²) < 4.78 is 10.6. The lowest BCUT2D eigenvalue weighted by Gasteiger charge is -2.05. The van der Waals surface area contributed by atoms with E-state index in [4.69, 9.17) is 9.47 Å². The molecule has 104 valence electrons. The van der Waals surface area contributed by atoms with Crippen LogP contribution in [0.5, 0.6) is 11.5 Å². The van der Waals surface area contributed by atoms with Gasteiger partial charge in [0.1, 0.15) is 5.70 Å². The van der Waals surface area contributed by atoms with E-state index in [1.54, 1.807) is 13.1 Å². The Morgan fingerprint density at radius 3 is 3.00 bits per heavy atom. The quantitative estimate of drug-likeness (QED) is 0.822. The first-order valence-electron chi connectivity index (χ1n) is 6.40. The molecular weight excluding hydrogens is 258 g/mol. The number of ether oxygens (including phenoxy) is 2. The van der Waals surface area contributed by atoms with E-state index >= 15 is 0 Å². The molecule has 2 heterocycles. The molecule has 0 atom stereocenters. The lowest BCUT2D eigenvalue weighted by Crippen LogP contribution is -2.28. The molecular formula is C14H15N3O3. The molecule has 2 aliphatic heterocycles. The Hall–Kier alpha value is -2.50. The van der Waals surface area contributed by atoms with E-state index in [-0.39, 0.29) is 12.7 Å². The fraction of sp³-hybridized carbons (Fsp3) is 0.286. The highest BCUT2D eigenvalue weighted by Crippen LogP contribution is 2.33. The average molecular weight is 273 g/mol. The Kier molecular flexibility index (Phi) is 3.06. The van der Waals surface area contributed by atoms with E-state index in [1.807, 2.05) is 25.1 Å². The van der Waals surface area contributed by atoms with Crippen LogP contribution >= 0.6 is 0 Å². The van der Waals surface area contributed by atoms with Crippen LogP contribution in [-0.2, 0) is 4.79 Å². The fourth-order valence-corrected chi connectivity index (χ4v) is 2.10. The number of rotatable bonds is 2. The summed E-state index contributed by atoms with van der Waals surface area (Å²) in [5.74, 6) is 1.89. The molecule has 0 aromatic heterocycles. The maximum Gasteiger partial charge on any atom is 0.276 e. The van der Waals surface area contributed by atoms with Crippen molar-refractivity contribution >= 4 is 17.9 Å². The minimum atomic E-state index is -0.102. The van der Waals surface area contributed by atoms with Crippen LogP contribution in [0.25, 0.3) is 6.08 Å². The number of carbonyl (C=O) groups excluding carboxylic acids is 1. The van der Waals surface area contributed by atoms with Gasteiger partial charge in [0.15, 0.2) is 11.5 Å². The number of nitrogens with one attached hydrogen (secondary N) is 1. The SMILES string of the molecule is CCN=C1N/C(=C/c2ccc3c(c2)OCO3)C(=O)N1C. The molecule has 1 fully saturated rings. The highest BCUT2D eigenvalue weighted by molar-refractivity contribution is 6.15. The molecule has 1 amide bonds. The Labute approximate surface area is 116 Å². The molecule has 20 heavy (non-hydrogen) atoms. The second-order valence-corrected chi connectivity index (χ2v) is 4.46. The number of hydrogen-bond acceptors (Lipinski definition) is 4. The molecule has 0 aliphatic carbocycles. The van der Waals surface area contributed by atoms with Gasteiger partial charge >= 0.3 is 0 Å². The fourth-order valence-electron chi connectivity index (χ4n) is 2.10. The molecule has 1 aromatic rings. The van der Waals surface area contributed by atoms with E-state index in [2.05, 4.69) is 10.3 Å². The van der Waals surface area contributed by atoms with Crippen molar-refractivity contribution in [3.05, 3.63) is 29.5 Å². The van der Waals surface area contributed by atoms with Crippen LogP contribution in [0, 0.1) is 0 Å². The lowest BCUT2D eigenvalue weighted by molar-refractivity contribution is -0.121. The number of likely N-dealkylation sites (N-methyl/N-ethyl adjacent to an activating group) is 1. The third-order valence-electron chi connectivity index (χ3n) is 3.11. The van der Waals surface area contributed by atoms with Crippen molar-refractivity contribution in [2.24, 2.45) is 4.99 Å². The van der Waals surface area contributed by atoms with Crippen molar-refractivity contribution in [1.82, 2.24) is 10.2 Å². The van der Waals surface area contributed by atoms with Gasteiger partial charge in [0.05, 0.1) is 0 Å². The molecule has 1 saturated heterocycles. The zero-order chi connectivity index (χ0) is 14.1. The zero-order valence-electron chi connectivity index (χ0n) is 11.3. The Balaban J connectivity index is 1.89. The molecule has 0 spiro atoms. The Morgan fingerprint density at radius 2 is 2.20 bits per heavy atom. The first-order chi connectivity index (χ1) is 9.69. The van der Waals surface area contributed by atoms with Gasteiger partial charge in [-0.05, 0) is 30.7 Å². The lowest BCUT2D eigenvalue weighted by atomic mass is 10.1. The number of hydrogen-bond donors (Lipinski definition) is 1. The predicted molar refractivity (Wildman–Crippen MR) is 74.4 cm³/mol. The van der Waals surface area contributed by atoms with Gasteiger partial charge in [0.2, 0.25) is 12.8 Å². The van der Waals surface area contributed by atoms with Crippen molar-refractivity contribution < 1.29 is 14.3 Å². The molecule has 0 bridgehead atoms. The second-order valence-electron chi connectivity index (χ2n) is 4.46. The monoisotopic (exact) mass is 273 g/mol. The number of benzene rings is 1. The summed E-state index contributed by atoms with van der Waals surface area (Å²) in [6.07, 6.45) is 1.78. The minimum absolute atomic E-state index is 0.102. The summed E-state index contributed by atoms with van der Waals surface area (Å²) in [4.78, 5) is 17.8. The minimum Gasteiger partial charge on any atom is -0.454 e. The third-order valence-corrected chi connectivity index (χ3v) is 3.11. The van der Waals surface area contributed by atoms with Crippen LogP contribution in [0.4, 0.5) is 0 Å². The molecule has 2 aliphatic rings. The molecule has 0 unspecified atom stereocenters. The molecule has 6 nitrogen and oxygen atoms in total. The topological polar surface area (TPSA) is 63.2 Å². The normalized spacial score (nSPS) is 20.9. The van der Waals surface area contributed by atoms with Crippen molar-refractivity contribution in [2.45, 2.75) is 6.92 Å². The Morgan fingerprint density at radius 1 is 1.40 bits per heavy atom. The van der Waals surface area contributed by atoms with Crippen LogP contribution in [-0.4, -0.2) is 37.2 Å². The van der Waals surface area contributed by atoms with E-state index in [1.165, 1.54) is 4.90 Å². The number of fused-ring (bicyclic) bond motifs is 1. The highest BCUT2D eigenvalue weighted by Gasteiger charge is 2.28. The van der Waals surface area contributed by atoms with Crippen LogP contribution in [0.15, 0.2) is 28.9 Å². The summed E-state index contributed by atoms with van der Waals surface area (Å²) in [6.45, 7) is 2.78. The molecule has 1 N–H and O–H groups in total. The van der Waals surface area contributed by atoms with E-state index in [0.29, 0.717) is 24.0 Å². The van der Waals surface area contributed by atoms with Gasteiger partial charge in [-0.15, -0.1) is 0 Å². The summed E-state index contributed by atoms with van der Waals surface area (Å²) in [7, 11) is 1.70. The number of amides is 1. The highest BCUT2D eigenvalue weighted by atomic mass is 16.7. The van der Waals surface area contributed by atoms with Gasteiger partial charge in [-0.1, -0.05) is 6.07 Å². The van der Waals surface area contributed by atoms with Gasteiger partial charge in [0.25, 0.3) is 5.91 Å². The van der Waals surface area contributed by atoms with Gasteiger partial charge in [-0.2, -0.15) is 0 Å². The van der Waals surface area contributed by atoms with Crippen molar-refractivity contribution in [3.63, 3.8) is 0 Å². The van der Waals surface area contributed by atoms with Crippen LogP contribution in [0.1, 0.15) is 12.5 Å². The third kappa shape index (κ3) is 2.09. The first-order valence-corrected chi connectivity index (χ1v) is 6.40. The van der Waals surface area contributed by atoms with Crippen molar-refractivity contribution in [3.8, 4) is 11.5 Å². The van der Waals surface area contributed by atoms with E-state index in [0.717, 1.165) is 11.3 Å². The number of carbonyl (C=O) groups is 1. The molecule has 0 radical (unpaired) electrons. The maximum atomic E-state index is 12.1. The number of guanidine groups is 1. The zero-order valence-corrected chi connectivity index (χ0v) is 11.3. The average Bonchev–Trinajstić information content (AvgIpc) is 3.00. The molecule has 3 rings (SSSR count). The smallest absolute Gasteiger partial charge is 0.276 e. The summed E-state index contributed by atoms with van der Waals surface area (Å²) >= 11 is 0.